The summed E-state index contributed by atoms with van der Waals surface area (Å²) in [7, 11) is 1.51. The van der Waals surface area contributed by atoms with Gasteiger partial charge in [-0.05, 0) is 61.0 Å². The number of hydrogen-bond acceptors (Lipinski definition) is 7. The Hall–Kier alpha value is -4.85. The molecule has 0 radical (unpaired) electrons. The summed E-state index contributed by atoms with van der Waals surface area (Å²) in [5.74, 6) is 0.753. The number of rotatable bonds is 14. The van der Waals surface area contributed by atoms with Gasteiger partial charge in [-0.15, -0.1) is 0 Å². The van der Waals surface area contributed by atoms with Crippen molar-refractivity contribution in [2.24, 2.45) is 10.3 Å². The topological polar surface area (TPSA) is 98.9 Å². The van der Waals surface area contributed by atoms with Gasteiger partial charge < -0.3 is 24.3 Å². The lowest BCUT2D eigenvalue weighted by Gasteiger charge is -2.11. The first-order valence-electron chi connectivity index (χ1n) is 11.9. The molecule has 3 aromatic rings. The number of ether oxygens (including phenoxy) is 2. The zero-order valence-corrected chi connectivity index (χ0v) is 21.4. The first-order valence-corrected chi connectivity index (χ1v) is 11.9. The number of hydrogen-bond donors (Lipinski definition) is 1. The van der Waals surface area contributed by atoms with Gasteiger partial charge in [0, 0.05) is 11.1 Å². The van der Waals surface area contributed by atoms with Gasteiger partial charge in [0.05, 0.1) is 12.1 Å². The Morgan fingerprint density at radius 2 is 1.50 bits per heavy atom. The molecule has 0 spiro atoms. The molecular weight excluding hydrogens is 484 g/mol. The van der Waals surface area contributed by atoms with E-state index in [-0.39, 0.29) is 18.7 Å². The number of allylic oxidation sites excluding steroid dienone is 2. The Kier molecular flexibility index (Phi) is 10.7. The van der Waals surface area contributed by atoms with Crippen molar-refractivity contribution in [3.05, 3.63) is 120 Å². The van der Waals surface area contributed by atoms with Crippen LogP contribution < -0.4 is 9.47 Å². The maximum Gasteiger partial charge on any atom is 0.309 e. The number of benzene rings is 3. The second kappa shape index (κ2) is 14.6. The highest BCUT2D eigenvalue weighted by molar-refractivity contribution is 6.08. The van der Waals surface area contributed by atoms with Crippen LogP contribution in [0.4, 0.5) is 0 Å². The number of aliphatic carboxylic acids is 1. The fraction of sp³-hybridized carbons (Fsp3) is 0.167. The van der Waals surface area contributed by atoms with Crippen molar-refractivity contribution < 1.29 is 29.0 Å². The predicted octanol–water partition coefficient (Wildman–Crippen LogP) is 5.98. The summed E-state index contributed by atoms with van der Waals surface area (Å²) in [5, 5.41) is 17.3. The molecule has 0 amide bonds. The van der Waals surface area contributed by atoms with Crippen LogP contribution in [0.2, 0.25) is 0 Å². The van der Waals surface area contributed by atoms with E-state index in [9.17, 15) is 9.90 Å². The molecule has 0 aliphatic heterocycles. The number of carboxylic acid groups (broad SMARTS) is 1. The van der Waals surface area contributed by atoms with E-state index in [2.05, 4.69) is 16.9 Å². The molecule has 0 unspecified atom stereocenters. The van der Waals surface area contributed by atoms with Crippen molar-refractivity contribution in [1.82, 2.24) is 0 Å². The van der Waals surface area contributed by atoms with E-state index in [0.29, 0.717) is 35.1 Å². The van der Waals surface area contributed by atoms with Crippen LogP contribution in [0.1, 0.15) is 30.0 Å². The Balaban J connectivity index is 1.57. The molecule has 0 aliphatic carbocycles. The minimum absolute atomic E-state index is 0.266. The standard InChI is InChI=1S/C30H30N2O6/c1-4-25(5-2)38-32-28(19-30(33)34)24-13-17-27(18-14-24)36-20-22-11-15-26(16-12-22)37-21-29(31-35-3)23-9-7-6-8-10-23/h4-18H,1,19-21H2,2-3H3,(H,33,34)/b25-5+,31-29+,32-28-. The molecule has 8 heteroatoms. The molecule has 38 heavy (non-hydrogen) atoms. The third kappa shape index (κ3) is 8.67. The molecule has 0 heterocycles. The van der Waals surface area contributed by atoms with Crippen LogP contribution in [-0.2, 0) is 21.1 Å². The Labute approximate surface area is 222 Å². The lowest BCUT2D eigenvalue weighted by atomic mass is 10.1. The molecule has 0 atom stereocenters. The minimum atomic E-state index is -1.01. The van der Waals surface area contributed by atoms with E-state index in [1.807, 2.05) is 54.6 Å². The Bertz CT molecular complexity index is 1280. The third-order valence-corrected chi connectivity index (χ3v) is 5.27. The van der Waals surface area contributed by atoms with Crippen LogP contribution in [-0.4, -0.2) is 36.2 Å². The second-order valence-corrected chi connectivity index (χ2v) is 7.93. The van der Waals surface area contributed by atoms with Gasteiger partial charge in [-0.1, -0.05) is 59.4 Å². The molecule has 0 saturated carbocycles. The highest BCUT2D eigenvalue weighted by Gasteiger charge is 2.11. The lowest BCUT2D eigenvalue weighted by molar-refractivity contribution is -0.135. The van der Waals surface area contributed by atoms with Crippen molar-refractivity contribution >= 4 is 17.4 Å². The van der Waals surface area contributed by atoms with Gasteiger partial charge in [-0.3, -0.25) is 4.79 Å². The van der Waals surface area contributed by atoms with Crippen LogP contribution >= 0.6 is 0 Å². The molecule has 0 bridgehead atoms. The van der Waals surface area contributed by atoms with Gasteiger partial charge >= 0.3 is 5.97 Å². The van der Waals surface area contributed by atoms with Gasteiger partial charge in [-0.2, -0.15) is 0 Å². The summed E-state index contributed by atoms with van der Waals surface area (Å²) in [4.78, 5) is 21.5. The first kappa shape index (κ1) is 27.7. The quantitative estimate of drug-likeness (QED) is 0.123. The summed E-state index contributed by atoms with van der Waals surface area (Å²) in [5.41, 5.74) is 3.48. The van der Waals surface area contributed by atoms with Crippen LogP contribution in [0.3, 0.4) is 0 Å². The monoisotopic (exact) mass is 514 g/mol. The van der Waals surface area contributed by atoms with E-state index in [0.717, 1.165) is 11.1 Å². The molecule has 0 aliphatic rings. The van der Waals surface area contributed by atoms with E-state index in [4.69, 9.17) is 19.1 Å². The molecule has 196 valence electrons. The van der Waals surface area contributed by atoms with Crippen molar-refractivity contribution in [3.63, 3.8) is 0 Å². The predicted molar refractivity (Wildman–Crippen MR) is 147 cm³/mol. The molecule has 0 aromatic heterocycles. The van der Waals surface area contributed by atoms with E-state index >= 15 is 0 Å². The molecule has 3 aromatic carbocycles. The SMILES string of the molecule is C=C/C(=C\C)O/N=C(/CC(=O)O)c1ccc(OCc2ccc(OC/C(=N\OC)c3ccccc3)cc2)cc1. The zero-order chi connectivity index (χ0) is 27.2. The fourth-order valence-corrected chi connectivity index (χ4v) is 3.29. The Morgan fingerprint density at radius 1 is 0.868 bits per heavy atom. The maximum absolute atomic E-state index is 11.3. The van der Waals surface area contributed by atoms with Gasteiger partial charge in [0.1, 0.15) is 37.5 Å². The molecular formula is C30H30N2O6. The molecule has 0 fully saturated rings. The summed E-state index contributed by atoms with van der Waals surface area (Å²) < 4.78 is 11.8. The van der Waals surface area contributed by atoms with Crippen LogP contribution in [0.15, 0.2) is 114 Å². The van der Waals surface area contributed by atoms with Crippen LogP contribution in [0.5, 0.6) is 11.5 Å². The van der Waals surface area contributed by atoms with E-state index < -0.39 is 5.97 Å². The summed E-state index contributed by atoms with van der Waals surface area (Å²) in [6.07, 6.45) is 2.89. The summed E-state index contributed by atoms with van der Waals surface area (Å²) in [6.45, 7) is 6.02. The number of nitrogens with zero attached hydrogens (tertiary/aromatic N) is 2. The minimum Gasteiger partial charge on any atom is -0.489 e. The van der Waals surface area contributed by atoms with Crippen molar-refractivity contribution in [3.8, 4) is 11.5 Å². The number of carboxylic acids is 1. The average Bonchev–Trinajstić information content (AvgIpc) is 2.95. The van der Waals surface area contributed by atoms with Crippen LogP contribution in [0.25, 0.3) is 0 Å². The summed E-state index contributed by atoms with van der Waals surface area (Å²) in [6, 6.07) is 24.3. The smallest absolute Gasteiger partial charge is 0.309 e. The molecule has 3 rings (SSSR count). The van der Waals surface area contributed by atoms with E-state index in [1.54, 1.807) is 37.3 Å². The molecule has 1 N–H and O–H groups in total. The van der Waals surface area contributed by atoms with Gasteiger partial charge in [-0.25, -0.2) is 0 Å². The maximum atomic E-state index is 11.3. The molecule has 8 nitrogen and oxygen atoms in total. The average molecular weight is 515 g/mol. The largest absolute Gasteiger partial charge is 0.489 e. The zero-order valence-electron chi connectivity index (χ0n) is 21.4. The highest BCUT2D eigenvalue weighted by atomic mass is 16.6. The van der Waals surface area contributed by atoms with Crippen molar-refractivity contribution in [1.29, 1.82) is 0 Å². The number of oxime groups is 2. The Morgan fingerprint density at radius 3 is 2.11 bits per heavy atom. The lowest BCUT2D eigenvalue weighted by Crippen LogP contribution is -2.13. The first-order chi connectivity index (χ1) is 18.5. The number of carbonyl (C=O) groups is 1. The van der Waals surface area contributed by atoms with Gasteiger partial charge in [0.15, 0.2) is 5.76 Å². The molecule has 0 saturated heterocycles. The fourth-order valence-electron chi connectivity index (χ4n) is 3.29. The second-order valence-electron chi connectivity index (χ2n) is 7.93. The normalized spacial score (nSPS) is 12.0. The van der Waals surface area contributed by atoms with Crippen LogP contribution in [0, 0.1) is 0 Å². The van der Waals surface area contributed by atoms with Gasteiger partial charge in [0.25, 0.3) is 0 Å². The van der Waals surface area contributed by atoms with Crippen molar-refractivity contribution in [2.75, 3.05) is 13.7 Å². The van der Waals surface area contributed by atoms with E-state index in [1.165, 1.54) is 13.2 Å². The van der Waals surface area contributed by atoms with Gasteiger partial charge in [0.2, 0.25) is 0 Å². The third-order valence-electron chi connectivity index (χ3n) is 5.27. The highest BCUT2D eigenvalue weighted by Crippen LogP contribution is 2.18. The summed E-state index contributed by atoms with van der Waals surface area (Å²) >= 11 is 0. The van der Waals surface area contributed by atoms with Crippen molar-refractivity contribution in [2.45, 2.75) is 20.0 Å².